The molecule has 2 atom stereocenters. The molecule has 2 unspecified atom stereocenters. The minimum absolute atomic E-state index is 0.459. The van der Waals surface area contributed by atoms with Gasteiger partial charge in [0.05, 0.1) is 0 Å². The molecule has 0 aromatic heterocycles. The molecule has 2 heteroatoms. The lowest BCUT2D eigenvalue weighted by atomic mass is 9.91. The van der Waals surface area contributed by atoms with E-state index in [2.05, 4.69) is 66.3 Å². The van der Waals surface area contributed by atoms with E-state index >= 15 is 0 Å². The number of hydrogen-bond donors (Lipinski definition) is 1. The van der Waals surface area contributed by atoms with Gasteiger partial charge in [0.1, 0.15) is 0 Å². The van der Waals surface area contributed by atoms with E-state index in [4.69, 9.17) is 0 Å². The molecule has 1 rings (SSSR count). The second-order valence-corrected chi connectivity index (χ2v) is 5.18. The summed E-state index contributed by atoms with van der Waals surface area (Å²) in [6, 6.07) is 8.98. The Balaban J connectivity index is 2.88. The molecule has 16 heavy (non-hydrogen) atoms. The maximum absolute atomic E-state index is 3.65. The Labute approximate surface area is 108 Å². The predicted molar refractivity (Wildman–Crippen MR) is 74.6 cm³/mol. The van der Waals surface area contributed by atoms with Crippen molar-refractivity contribution in [3.63, 3.8) is 0 Å². The first-order valence-electron chi connectivity index (χ1n) is 6.18. The summed E-state index contributed by atoms with van der Waals surface area (Å²) in [6.07, 6.45) is 2.51. The van der Waals surface area contributed by atoms with E-state index in [9.17, 15) is 0 Å². The largest absolute Gasteiger partial charge is 0.310 e. The van der Waals surface area contributed by atoms with Gasteiger partial charge in [-0.2, -0.15) is 0 Å². The van der Waals surface area contributed by atoms with Gasteiger partial charge in [0.2, 0.25) is 0 Å². The molecule has 1 N–H and O–H groups in total. The van der Waals surface area contributed by atoms with E-state index in [0.717, 1.165) is 6.54 Å². The van der Waals surface area contributed by atoms with Crippen LogP contribution in [0, 0.1) is 5.92 Å². The van der Waals surface area contributed by atoms with Crippen LogP contribution in [0.1, 0.15) is 45.2 Å². The second kappa shape index (κ2) is 7.08. The Morgan fingerprint density at radius 2 is 1.94 bits per heavy atom. The smallest absolute Gasteiger partial charge is 0.0357 e. The second-order valence-electron chi connectivity index (χ2n) is 4.32. The van der Waals surface area contributed by atoms with Crippen molar-refractivity contribution in [2.75, 3.05) is 6.54 Å². The van der Waals surface area contributed by atoms with Gasteiger partial charge in [-0.05, 0) is 30.5 Å². The van der Waals surface area contributed by atoms with Crippen LogP contribution < -0.4 is 5.32 Å². The van der Waals surface area contributed by atoms with E-state index < -0.39 is 0 Å². The highest BCUT2D eigenvalue weighted by Crippen LogP contribution is 2.30. The summed E-state index contributed by atoms with van der Waals surface area (Å²) in [5.41, 5.74) is 1.38. The molecule has 0 saturated heterocycles. The van der Waals surface area contributed by atoms with Crippen LogP contribution in [-0.2, 0) is 0 Å². The molecule has 0 bridgehead atoms. The zero-order chi connectivity index (χ0) is 12.0. The lowest BCUT2D eigenvalue weighted by Crippen LogP contribution is -2.27. The van der Waals surface area contributed by atoms with Gasteiger partial charge in [0, 0.05) is 10.5 Å². The highest BCUT2D eigenvalue weighted by Gasteiger charge is 2.19. The number of benzene rings is 1. The summed E-state index contributed by atoms with van der Waals surface area (Å²) in [5, 5.41) is 3.59. The molecule has 0 aliphatic rings. The molecule has 0 saturated carbocycles. The first-order valence-corrected chi connectivity index (χ1v) is 6.97. The highest BCUT2D eigenvalue weighted by atomic mass is 79.9. The topological polar surface area (TPSA) is 12.0 Å². The molecule has 1 aromatic carbocycles. The third-order valence-electron chi connectivity index (χ3n) is 2.98. The van der Waals surface area contributed by atoms with Crippen molar-refractivity contribution in [1.82, 2.24) is 5.32 Å². The van der Waals surface area contributed by atoms with Gasteiger partial charge < -0.3 is 5.32 Å². The third kappa shape index (κ3) is 3.60. The lowest BCUT2D eigenvalue weighted by Gasteiger charge is -2.26. The zero-order valence-electron chi connectivity index (χ0n) is 10.5. The Kier molecular flexibility index (Phi) is 6.07. The SMILES string of the molecule is CCCC(C)C(NCC)c1ccccc1Br. The average molecular weight is 284 g/mol. The monoisotopic (exact) mass is 283 g/mol. The normalized spacial score (nSPS) is 14.8. The van der Waals surface area contributed by atoms with Gasteiger partial charge in [0.25, 0.3) is 0 Å². The minimum Gasteiger partial charge on any atom is -0.310 e. The number of halogens is 1. The van der Waals surface area contributed by atoms with Crippen molar-refractivity contribution in [1.29, 1.82) is 0 Å². The van der Waals surface area contributed by atoms with Gasteiger partial charge in [-0.25, -0.2) is 0 Å². The van der Waals surface area contributed by atoms with Gasteiger partial charge >= 0.3 is 0 Å². The maximum atomic E-state index is 3.65. The van der Waals surface area contributed by atoms with Crippen molar-refractivity contribution >= 4 is 15.9 Å². The zero-order valence-corrected chi connectivity index (χ0v) is 12.0. The Morgan fingerprint density at radius 3 is 2.50 bits per heavy atom. The third-order valence-corrected chi connectivity index (χ3v) is 3.70. The van der Waals surface area contributed by atoms with Crippen molar-refractivity contribution in [2.45, 2.75) is 39.7 Å². The highest BCUT2D eigenvalue weighted by molar-refractivity contribution is 9.10. The number of hydrogen-bond acceptors (Lipinski definition) is 1. The van der Waals surface area contributed by atoms with Crippen molar-refractivity contribution in [3.05, 3.63) is 34.3 Å². The van der Waals surface area contributed by atoms with Crippen molar-refractivity contribution in [3.8, 4) is 0 Å². The van der Waals surface area contributed by atoms with Crippen LogP contribution in [0.25, 0.3) is 0 Å². The fourth-order valence-corrected chi connectivity index (χ4v) is 2.72. The molecule has 0 heterocycles. The van der Waals surface area contributed by atoms with E-state index in [1.54, 1.807) is 0 Å². The predicted octanol–water partition coefficient (Wildman–Crippen LogP) is 4.54. The molecule has 0 fully saturated rings. The fourth-order valence-electron chi connectivity index (χ4n) is 2.19. The van der Waals surface area contributed by atoms with E-state index in [1.165, 1.54) is 22.9 Å². The van der Waals surface area contributed by atoms with Gasteiger partial charge in [-0.15, -0.1) is 0 Å². The molecule has 1 aromatic rings. The summed E-state index contributed by atoms with van der Waals surface area (Å²) >= 11 is 3.65. The molecule has 0 radical (unpaired) electrons. The molecule has 90 valence electrons. The molecule has 0 spiro atoms. The number of rotatable bonds is 6. The molecule has 0 amide bonds. The van der Waals surface area contributed by atoms with Gasteiger partial charge in [0.15, 0.2) is 0 Å². The quantitative estimate of drug-likeness (QED) is 0.809. The molecular formula is C14H22BrN. The Hall–Kier alpha value is -0.340. The summed E-state index contributed by atoms with van der Waals surface area (Å²) in [6.45, 7) is 7.76. The van der Waals surface area contributed by atoms with Gasteiger partial charge in [-0.3, -0.25) is 0 Å². The molecule has 0 aliphatic carbocycles. The van der Waals surface area contributed by atoms with Crippen molar-refractivity contribution in [2.24, 2.45) is 5.92 Å². The van der Waals surface area contributed by atoms with E-state index in [0.29, 0.717) is 12.0 Å². The van der Waals surface area contributed by atoms with E-state index in [1.807, 2.05) is 0 Å². The standard InChI is InChI=1S/C14H22BrN/c1-4-8-11(3)14(16-5-2)12-9-6-7-10-13(12)15/h6-7,9-11,14,16H,4-5,8H2,1-3H3. The van der Waals surface area contributed by atoms with Gasteiger partial charge in [-0.1, -0.05) is 61.3 Å². The van der Waals surface area contributed by atoms with Crippen LogP contribution in [0.5, 0.6) is 0 Å². The molecule has 1 nitrogen and oxygen atoms in total. The van der Waals surface area contributed by atoms with Crippen molar-refractivity contribution < 1.29 is 0 Å². The maximum Gasteiger partial charge on any atom is 0.0357 e. The molecule has 0 aliphatic heterocycles. The minimum atomic E-state index is 0.459. The summed E-state index contributed by atoms with van der Waals surface area (Å²) in [4.78, 5) is 0. The molecular weight excluding hydrogens is 262 g/mol. The first-order chi connectivity index (χ1) is 7.70. The van der Waals surface area contributed by atoms with Crippen LogP contribution in [0.3, 0.4) is 0 Å². The fraction of sp³-hybridized carbons (Fsp3) is 0.571. The average Bonchev–Trinajstić information content (AvgIpc) is 2.27. The van der Waals surface area contributed by atoms with Crippen LogP contribution in [-0.4, -0.2) is 6.54 Å². The Morgan fingerprint density at radius 1 is 1.25 bits per heavy atom. The van der Waals surface area contributed by atoms with Crippen LogP contribution in [0.4, 0.5) is 0 Å². The summed E-state index contributed by atoms with van der Waals surface area (Å²) < 4.78 is 1.21. The lowest BCUT2D eigenvalue weighted by molar-refractivity contribution is 0.368. The van der Waals surface area contributed by atoms with Crippen LogP contribution in [0.2, 0.25) is 0 Å². The van der Waals surface area contributed by atoms with E-state index in [-0.39, 0.29) is 0 Å². The number of nitrogens with one attached hydrogen (secondary N) is 1. The Bertz CT molecular complexity index is 311. The van der Waals surface area contributed by atoms with Crippen LogP contribution in [0.15, 0.2) is 28.7 Å². The summed E-state index contributed by atoms with van der Waals surface area (Å²) in [7, 11) is 0. The van der Waals surface area contributed by atoms with Crippen LogP contribution >= 0.6 is 15.9 Å². The summed E-state index contributed by atoms with van der Waals surface area (Å²) in [5.74, 6) is 0.670. The first kappa shape index (κ1) is 13.7.